The maximum Gasteiger partial charge on any atom is -0.0124 e. The second-order valence-corrected chi connectivity index (χ2v) is 4.78. The van der Waals surface area contributed by atoms with Gasteiger partial charge in [0.15, 0.2) is 0 Å². The molecule has 0 saturated heterocycles. The maximum atomic E-state index is 2.43. The summed E-state index contributed by atoms with van der Waals surface area (Å²) >= 11 is 0. The first-order valence-corrected chi connectivity index (χ1v) is 5.63. The first-order chi connectivity index (χ1) is 5.96. The molecule has 0 aliphatic heterocycles. The van der Waals surface area contributed by atoms with Gasteiger partial charge >= 0.3 is 0 Å². The summed E-state index contributed by atoms with van der Waals surface area (Å²) in [6.07, 6.45) is 6.16. The van der Waals surface area contributed by atoms with Crippen LogP contribution >= 0.6 is 0 Å². The molecule has 0 radical (unpaired) electrons. The number of allylic oxidation sites excluding steroid dienone is 2. The van der Waals surface area contributed by atoms with Crippen LogP contribution in [0.15, 0.2) is 11.6 Å². The molecule has 0 nitrogen and oxygen atoms in total. The zero-order valence-corrected chi connectivity index (χ0v) is 10.3. The van der Waals surface area contributed by atoms with Crippen molar-refractivity contribution >= 4 is 0 Å². The Kier molecular flexibility index (Phi) is 5.36. The van der Waals surface area contributed by atoms with Gasteiger partial charge in [-0.15, -0.1) is 0 Å². The first kappa shape index (κ1) is 12.7. The predicted octanol–water partition coefficient (Wildman–Crippen LogP) is 4.81. The number of hydrogen-bond acceptors (Lipinski definition) is 0. The van der Waals surface area contributed by atoms with Crippen LogP contribution in [0.1, 0.15) is 60.8 Å². The van der Waals surface area contributed by atoms with E-state index in [9.17, 15) is 0 Å². The minimum absolute atomic E-state index is 0.439. The van der Waals surface area contributed by atoms with Gasteiger partial charge in [-0.2, -0.15) is 0 Å². The van der Waals surface area contributed by atoms with Crippen LogP contribution in [0, 0.1) is 11.3 Å². The van der Waals surface area contributed by atoms with E-state index in [1.807, 2.05) is 0 Å². The maximum absolute atomic E-state index is 2.43. The van der Waals surface area contributed by atoms with E-state index in [4.69, 9.17) is 0 Å². The van der Waals surface area contributed by atoms with Crippen molar-refractivity contribution < 1.29 is 0 Å². The van der Waals surface area contributed by atoms with Gasteiger partial charge in [-0.25, -0.2) is 0 Å². The molecule has 0 aromatic rings. The Morgan fingerprint density at radius 2 is 1.69 bits per heavy atom. The first-order valence-electron chi connectivity index (χ1n) is 5.63. The van der Waals surface area contributed by atoms with Crippen LogP contribution < -0.4 is 0 Å². The standard InChI is InChI=1S/C13H26/c1-7-13(6,8-2)12(5)10-9-11(3)4/h10-11H,7-9H2,1-6H3. The number of rotatable bonds is 5. The third kappa shape index (κ3) is 3.97. The minimum Gasteiger partial charge on any atom is -0.0848 e. The molecule has 0 spiro atoms. The molecule has 0 aromatic carbocycles. The molecule has 0 saturated carbocycles. The average molecular weight is 182 g/mol. The SMILES string of the molecule is CCC(C)(CC)C(C)=CCC(C)C. The zero-order chi connectivity index (χ0) is 10.5. The molecule has 0 aliphatic carbocycles. The molecule has 0 aromatic heterocycles. The second kappa shape index (κ2) is 5.47. The van der Waals surface area contributed by atoms with Gasteiger partial charge in [0, 0.05) is 0 Å². The van der Waals surface area contributed by atoms with E-state index in [1.54, 1.807) is 5.57 Å². The Bertz CT molecular complexity index is 159. The van der Waals surface area contributed by atoms with Crippen LogP contribution in [0.2, 0.25) is 0 Å². The fraction of sp³-hybridized carbons (Fsp3) is 0.846. The van der Waals surface area contributed by atoms with Crippen molar-refractivity contribution in [3.8, 4) is 0 Å². The third-order valence-corrected chi connectivity index (χ3v) is 3.41. The summed E-state index contributed by atoms with van der Waals surface area (Å²) in [6.45, 7) is 13.8. The molecule has 78 valence electrons. The van der Waals surface area contributed by atoms with Crippen molar-refractivity contribution in [1.29, 1.82) is 0 Å². The largest absolute Gasteiger partial charge is 0.0848 e. The van der Waals surface area contributed by atoms with Gasteiger partial charge in [0.25, 0.3) is 0 Å². The van der Waals surface area contributed by atoms with Gasteiger partial charge in [0.05, 0.1) is 0 Å². The highest BCUT2D eigenvalue weighted by Crippen LogP contribution is 2.34. The lowest BCUT2D eigenvalue weighted by atomic mass is 9.77. The molecule has 0 unspecified atom stereocenters. The van der Waals surface area contributed by atoms with E-state index < -0.39 is 0 Å². The Morgan fingerprint density at radius 1 is 1.23 bits per heavy atom. The topological polar surface area (TPSA) is 0 Å². The summed E-state index contributed by atoms with van der Waals surface area (Å²) in [4.78, 5) is 0. The highest BCUT2D eigenvalue weighted by molar-refractivity contribution is 5.10. The Morgan fingerprint density at radius 3 is 2.00 bits per heavy atom. The highest BCUT2D eigenvalue weighted by Gasteiger charge is 2.20. The van der Waals surface area contributed by atoms with E-state index in [0.717, 1.165) is 5.92 Å². The molecule has 0 atom stereocenters. The molecule has 13 heavy (non-hydrogen) atoms. The van der Waals surface area contributed by atoms with Crippen LogP contribution in [0.5, 0.6) is 0 Å². The van der Waals surface area contributed by atoms with Crippen molar-refractivity contribution in [2.45, 2.75) is 60.8 Å². The summed E-state index contributed by atoms with van der Waals surface area (Å²) in [7, 11) is 0. The molecule has 0 amide bonds. The highest BCUT2D eigenvalue weighted by atomic mass is 14.3. The Labute approximate surface area is 84.4 Å². The molecule has 0 bridgehead atoms. The molecule has 0 fully saturated rings. The molecule has 0 N–H and O–H groups in total. The van der Waals surface area contributed by atoms with Crippen molar-refractivity contribution in [2.75, 3.05) is 0 Å². The van der Waals surface area contributed by atoms with E-state index in [0.29, 0.717) is 5.41 Å². The van der Waals surface area contributed by atoms with Crippen molar-refractivity contribution in [2.24, 2.45) is 11.3 Å². The quantitative estimate of drug-likeness (QED) is 0.535. The second-order valence-electron chi connectivity index (χ2n) is 4.78. The Hall–Kier alpha value is -0.260. The summed E-state index contributed by atoms with van der Waals surface area (Å²) in [5, 5.41) is 0. The van der Waals surface area contributed by atoms with Gasteiger partial charge in [0.2, 0.25) is 0 Å². The average Bonchev–Trinajstić information content (AvgIpc) is 2.12. The molecule has 0 heteroatoms. The fourth-order valence-electron chi connectivity index (χ4n) is 1.47. The van der Waals surface area contributed by atoms with Gasteiger partial charge < -0.3 is 0 Å². The number of hydrogen-bond donors (Lipinski definition) is 0. The normalized spacial score (nSPS) is 13.9. The van der Waals surface area contributed by atoms with Gasteiger partial charge in [-0.3, -0.25) is 0 Å². The molecular formula is C13H26. The van der Waals surface area contributed by atoms with Crippen LogP contribution in [-0.2, 0) is 0 Å². The van der Waals surface area contributed by atoms with E-state index in [2.05, 4.69) is 47.6 Å². The van der Waals surface area contributed by atoms with Crippen LogP contribution in [-0.4, -0.2) is 0 Å². The van der Waals surface area contributed by atoms with E-state index >= 15 is 0 Å². The van der Waals surface area contributed by atoms with Crippen molar-refractivity contribution in [3.05, 3.63) is 11.6 Å². The summed E-state index contributed by atoms with van der Waals surface area (Å²) in [6, 6.07) is 0. The van der Waals surface area contributed by atoms with Crippen LogP contribution in [0.3, 0.4) is 0 Å². The molecular weight excluding hydrogens is 156 g/mol. The third-order valence-electron chi connectivity index (χ3n) is 3.41. The van der Waals surface area contributed by atoms with Crippen LogP contribution in [0.25, 0.3) is 0 Å². The summed E-state index contributed by atoms with van der Waals surface area (Å²) < 4.78 is 0. The summed E-state index contributed by atoms with van der Waals surface area (Å²) in [5.74, 6) is 0.785. The molecule has 0 heterocycles. The minimum atomic E-state index is 0.439. The summed E-state index contributed by atoms with van der Waals surface area (Å²) in [5.41, 5.74) is 2.01. The van der Waals surface area contributed by atoms with Gasteiger partial charge in [-0.1, -0.05) is 46.3 Å². The predicted molar refractivity (Wildman–Crippen MR) is 61.9 cm³/mol. The smallest absolute Gasteiger partial charge is 0.0124 e. The van der Waals surface area contributed by atoms with E-state index in [-0.39, 0.29) is 0 Å². The van der Waals surface area contributed by atoms with Crippen molar-refractivity contribution in [1.82, 2.24) is 0 Å². The van der Waals surface area contributed by atoms with Crippen LogP contribution in [0.4, 0.5) is 0 Å². The zero-order valence-electron chi connectivity index (χ0n) is 10.3. The lowest BCUT2D eigenvalue weighted by Crippen LogP contribution is -2.15. The van der Waals surface area contributed by atoms with Crippen molar-refractivity contribution in [3.63, 3.8) is 0 Å². The molecule has 0 aliphatic rings. The lowest BCUT2D eigenvalue weighted by Gasteiger charge is -2.28. The Balaban J connectivity index is 4.36. The lowest BCUT2D eigenvalue weighted by molar-refractivity contribution is 0.365. The van der Waals surface area contributed by atoms with E-state index in [1.165, 1.54) is 19.3 Å². The van der Waals surface area contributed by atoms with Gasteiger partial charge in [0.1, 0.15) is 0 Å². The monoisotopic (exact) mass is 182 g/mol. The van der Waals surface area contributed by atoms with Gasteiger partial charge in [-0.05, 0) is 37.5 Å². The molecule has 0 rings (SSSR count). The fourth-order valence-corrected chi connectivity index (χ4v) is 1.47.